The molecule has 0 spiro atoms. The fourth-order valence-corrected chi connectivity index (χ4v) is 2.13. The van der Waals surface area contributed by atoms with Gasteiger partial charge in [-0.2, -0.15) is 0 Å². The van der Waals surface area contributed by atoms with Crippen molar-refractivity contribution in [3.05, 3.63) is 0 Å². The van der Waals surface area contributed by atoms with Gasteiger partial charge in [0.15, 0.2) is 0 Å². The van der Waals surface area contributed by atoms with Crippen molar-refractivity contribution in [2.45, 2.75) is 46.6 Å². The summed E-state index contributed by atoms with van der Waals surface area (Å²) in [6.07, 6.45) is 2.50. The van der Waals surface area contributed by atoms with Crippen LogP contribution in [0.1, 0.15) is 40.5 Å². The number of hydrogen-bond donors (Lipinski definition) is 1. The van der Waals surface area contributed by atoms with Gasteiger partial charge in [0.25, 0.3) is 0 Å². The average molecular weight is 198 g/mol. The van der Waals surface area contributed by atoms with Crippen LogP contribution in [0, 0.1) is 11.3 Å². The Morgan fingerprint density at radius 2 is 2.07 bits per heavy atom. The van der Waals surface area contributed by atoms with Crippen LogP contribution in [0.25, 0.3) is 0 Å². The summed E-state index contributed by atoms with van der Waals surface area (Å²) in [4.78, 5) is 2.57. The molecule has 0 aliphatic carbocycles. The summed E-state index contributed by atoms with van der Waals surface area (Å²) in [7, 11) is 0. The van der Waals surface area contributed by atoms with Crippen LogP contribution in [0.3, 0.4) is 0 Å². The highest BCUT2D eigenvalue weighted by Crippen LogP contribution is 2.33. The Kier molecular flexibility index (Phi) is 3.96. The van der Waals surface area contributed by atoms with Crippen LogP contribution in [-0.2, 0) is 0 Å². The van der Waals surface area contributed by atoms with Gasteiger partial charge in [0, 0.05) is 12.6 Å². The summed E-state index contributed by atoms with van der Waals surface area (Å²) >= 11 is 0. The molecule has 1 saturated heterocycles. The first-order chi connectivity index (χ1) is 6.39. The maximum absolute atomic E-state index is 5.76. The first-order valence-electron chi connectivity index (χ1n) is 5.87. The van der Waals surface area contributed by atoms with Crippen LogP contribution >= 0.6 is 0 Å². The fourth-order valence-electron chi connectivity index (χ4n) is 2.13. The van der Waals surface area contributed by atoms with Crippen molar-refractivity contribution in [3.63, 3.8) is 0 Å². The van der Waals surface area contributed by atoms with Gasteiger partial charge in [0.05, 0.1) is 0 Å². The molecule has 2 N–H and O–H groups in total. The number of hydrogen-bond acceptors (Lipinski definition) is 2. The monoisotopic (exact) mass is 198 g/mol. The standard InChI is InChI=1S/C12H26N2/c1-10(13)5-7-14-8-6-11(9-14)12(2,3)4/h10-11H,5-9,13H2,1-4H3. The minimum atomic E-state index is 0.351. The molecular formula is C12H26N2. The summed E-state index contributed by atoms with van der Waals surface area (Å²) in [5.41, 5.74) is 6.24. The van der Waals surface area contributed by atoms with E-state index >= 15 is 0 Å². The quantitative estimate of drug-likeness (QED) is 0.752. The van der Waals surface area contributed by atoms with Gasteiger partial charge in [-0.1, -0.05) is 20.8 Å². The lowest BCUT2D eigenvalue weighted by molar-refractivity contribution is 0.227. The SMILES string of the molecule is CC(N)CCN1CCC(C(C)(C)C)C1. The normalized spacial score (nSPS) is 26.8. The third kappa shape index (κ3) is 3.58. The van der Waals surface area contributed by atoms with E-state index in [9.17, 15) is 0 Å². The van der Waals surface area contributed by atoms with E-state index in [0.29, 0.717) is 11.5 Å². The van der Waals surface area contributed by atoms with E-state index in [1.165, 1.54) is 26.1 Å². The van der Waals surface area contributed by atoms with Crippen LogP contribution in [0.4, 0.5) is 0 Å². The van der Waals surface area contributed by atoms with Crippen LogP contribution in [0.2, 0.25) is 0 Å². The van der Waals surface area contributed by atoms with Gasteiger partial charge >= 0.3 is 0 Å². The van der Waals surface area contributed by atoms with Gasteiger partial charge in [-0.15, -0.1) is 0 Å². The molecule has 0 amide bonds. The molecule has 1 rings (SSSR count). The third-order valence-corrected chi connectivity index (χ3v) is 3.40. The first kappa shape index (κ1) is 12.0. The van der Waals surface area contributed by atoms with E-state index < -0.39 is 0 Å². The topological polar surface area (TPSA) is 29.3 Å². The zero-order valence-corrected chi connectivity index (χ0v) is 10.2. The maximum atomic E-state index is 5.76. The van der Waals surface area contributed by atoms with E-state index in [1.807, 2.05) is 0 Å². The molecule has 2 unspecified atom stereocenters. The lowest BCUT2D eigenvalue weighted by Crippen LogP contribution is -2.29. The molecule has 14 heavy (non-hydrogen) atoms. The highest BCUT2D eigenvalue weighted by molar-refractivity contribution is 4.83. The summed E-state index contributed by atoms with van der Waals surface area (Å²) < 4.78 is 0. The molecule has 1 heterocycles. The minimum Gasteiger partial charge on any atom is -0.328 e. The Bertz CT molecular complexity index is 170. The molecule has 0 bridgehead atoms. The number of likely N-dealkylation sites (tertiary alicyclic amines) is 1. The summed E-state index contributed by atoms with van der Waals surface area (Å²) in [6, 6.07) is 0.351. The van der Waals surface area contributed by atoms with Gasteiger partial charge in [0.1, 0.15) is 0 Å². The molecule has 1 aliphatic heterocycles. The van der Waals surface area contributed by atoms with Gasteiger partial charge in [0.2, 0.25) is 0 Å². The molecule has 2 nitrogen and oxygen atoms in total. The molecular weight excluding hydrogens is 172 g/mol. The van der Waals surface area contributed by atoms with Crippen molar-refractivity contribution in [1.82, 2.24) is 4.90 Å². The van der Waals surface area contributed by atoms with Gasteiger partial charge in [-0.3, -0.25) is 0 Å². The second-order valence-corrected chi connectivity index (χ2v) is 5.92. The Balaban J connectivity index is 2.27. The largest absolute Gasteiger partial charge is 0.328 e. The molecule has 0 saturated carbocycles. The smallest absolute Gasteiger partial charge is 0.00226 e. The van der Waals surface area contributed by atoms with Crippen LogP contribution < -0.4 is 5.73 Å². The lowest BCUT2D eigenvalue weighted by Gasteiger charge is -2.27. The summed E-state index contributed by atoms with van der Waals surface area (Å²) in [6.45, 7) is 12.9. The van der Waals surface area contributed by atoms with Crippen LogP contribution in [0.5, 0.6) is 0 Å². The molecule has 84 valence electrons. The van der Waals surface area contributed by atoms with Crippen LogP contribution in [-0.4, -0.2) is 30.6 Å². The van der Waals surface area contributed by atoms with Crippen molar-refractivity contribution < 1.29 is 0 Å². The number of nitrogens with zero attached hydrogens (tertiary/aromatic N) is 1. The van der Waals surface area contributed by atoms with Crippen molar-refractivity contribution in [2.24, 2.45) is 17.1 Å². The fraction of sp³-hybridized carbons (Fsp3) is 1.00. The Morgan fingerprint density at radius 1 is 1.43 bits per heavy atom. The second-order valence-electron chi connectivity index (χ2n) is 5.92. The van der Waals surface area contributed by atoms with E-state index in [-0.39, 0.29) is 0 Å². The molecule has 1 fully saturated rings. The highest BCUT2D eigenvalue weighted by atomic mass is 15.1. The molecule has 0 aromatic rings. The van der Waals surface area contributed by atoms with Crippen molar-refractivity contribution in [2.75, 3.05) is 19.6 Å². The average Bonchev–Trinajstić information content (AvgIpc) is 2.47. The first-order valence-corrected chi connectivity index (χ1v) is 5.87. The molecule has 1 aliphatic rings. The summed E-state index contributed by atoms with van der Waals surface area (Å²) in [5, 5.41) is 0. The van der Waals surface area contributed by atoms with Gasteiger partial charge < -0.3 is 10.6 Å². The zero-order chi connectivity index (χ0) is 10.8. The van der Waals surface area contributed by atoms with Gasteiger partial charge in [-0.25, -0.2) is 0 Å². The van der Waals surface area contributed by atoms with Crippen molar-refractivity contribution in [3.8, 4) is 0 Å². The van der Waals surface area contributed by atoms with Crippen LogP contribution in [0.15, 0.2) is 0 Å². The Morgan fingerprint density at radius 3 is 2.50 bits per heavy atom. The zero-order valence-electron chi connectivity index (χ0n) is 10.2. The van der Waals surface area contributed by atoms with Gasteiger partial charge in [-0.05, 0) is 44.2 Å². The molecule has 0 radical (unpaired) electrons. The third-order valence-electron chi connectivity index (χ3n) is 3.40. The molecule has 0 aromatic heterocycles. The molecule has 0 aromatic carbocycles. The van der Waals surface area contributed by atoms with Crippen molar-refractivity contribution in [1.29, 1.82) is 0 Å². The highest BCUT2D eigenvalue weighted by Gasteiger charge is 2.31. The van der Waals surface area contributed by atoms with Crippen molar-refractivity contribution >= 4 is 0 Å². The van der Waals surface area contributed by atoms with E-state index in [1.54, 1.807) is 0 Å². The number of rotatable bonds is 3. The van der Waals surface area contributed by atoms with E-state index in [0.717, 1.165) is 12.3 Å². The maximum Gasteiger partial charge on any atom is 0.00226 e. The molecule has 2 heteroatoms. The second kappa shape index (κ2) is 4.63. The predicted molar refractivity (Wildman–Crippen MR) is 62.3 cm³/mol. The van der Waals surface area contributed by atoms with E-state index in [4.69, 9.17) is 5.73 Å². The Labute approximate surface area is 88.8 Å². The lowest BCUT2D eigenvalue weighted by atomic mass is 9.80. The minimum absolute atomic E-state index is 0.351. The Hall–Kier alpha value is -0.0800. The molecule has 2 atom stereocenters. The summed E-state index contributed by atoms with van der Waals surface area (Å²) in [5.74, 6) is 0.871. The number of nitrogens with two attached hydrogens (primary N) is 1. The van der Waals surface area contributed by atoms with E-state index in [2.05, 4.69) is 32.6 Å². The predicted octanol–water partition coefficient (Wildman–Crippen LogP) is 2.09.